The van der Waals surface area contributed by atoms with Crippen molar-refractivity contribution in [1.82, 2.24) is 0 Å². The van der Waals surface area contributed by atoms with E-state index in [9.17, 15) is 0 Å². The third kappa shape index (κ3) is 860. The van der Waals surface area contributed by atoms with Crippen molar-refractivity contribution in [2.45, 2.75) is 0 Å². The molecule has 0 heterocycles. The first-order valence-electron chi connectivity index (χ1n) is 0. The third-order valence-corrected chi connectivity index (χ3v) is 0. The zero-order valence-electron chi connectivity index (χ0n) is 57.0. The Morgan fingerprint density at radius 1 is 0.00877 bits per heavy atom. The molecule has 0 unspecified atom stereocenters. The Kier molecular flexibility index (Phi) is 6740. The van der Waals surface area contributed by atoms with Crippen LogP contribution in [0.4, 0.5) is 0 Å². The summed E-state index contributed by atoms with van der Waals surface area (Å²) >= 11 is 0. The van der Waals surface area contributed by atoms with Gasteiger partial charge in [-0.25, -0.2) is 0 Å². The average Bonchev–Trinajstić information content (AvgIpc) is 0. The normalized spacial score (nSPS) is 0. The van der Waals surface area contributed by atoms with Crippen LogP contribution >= 0.6 is 0 Å². The second-order valence-corrected chi connectivity index (χ2v) is 0. The van der Waals surface area contributed by atoms with E-state index in [-0.39, 0.29) is 3550 Å². The van der Waals surface area contributed by atoms with Crippen molar-refractivity contribution in [1.29, 1.82) is 0 Å². The first kappa shape index (κ1) is 882. The van der Waals surface area contributed by atoms with Crippen LogP contribution in [0.3, 0.4) is 0 Å². The van der Waals surface area contributed by atoms with Crippen molar-refractivity contribution in [2.24, 2.45) is 0 Å². The molecule has 0 radical (unpaired) electrons. The Hall–Kier alpha value is 120. The molecule has 456 valence electrons. The number of rotatable bonds is 0. The zero-order chi connectivity index (χ0) is 0. The molecule has 0 aromatic rings. The second kappa shape index (κ2) is 871. The molecule has 0 bridgehead atoms. The Labute approximate surface area is 3410 Å². The molecule has 0 aliphatic heterocycles. The van der Waals surface area contributed by atoms with Crippen molar-refractivity contribution in [3.8, 4) is 0 Å². The van der Waals surface area contributed by atoms with Crippen LogP contribution in [0, 0.1) is 3550 Å². The Bertz CT molecular complexity index is 0. The van der Waals surface area contributed by atoms with Crippen LogP contribution in [0.5, 0.6) is 0 Å². The summed E-state index contributed by atoms with van der Waals surface area (Å²) < 4.78 is 0. The maximum atomic E-state index is 0. The van der Waals surface area contributed by atoms with E-state index in [4.69, 9.17) is 0 Å². The van der Waals surface area contributed by atoms with Gasteiger partial charge in [-0.05, 0) is 0 Å². The molecule has 0 aliphatic carbocycles. The standard InChI is InChI=1S/114U. The molecule has 0 amide bonds. The maximum absolute atomic E-state index is 0. The fourth-order valence-corrected chi connectivity index (χ4v) is 0. The van der Waals surface area contributed by atoms with Crippen LogP contribution in [-0.4, -0.2) is 0 Å². The molecular weight excluding hydrogens is 27100 g/mol. The minimum Gasteiger partial charge on any atom is 0 e. The quantitative estimate of drug-likeness (QED) is 0.321. The van der Waals surface area contributed by atoms with E-state index in [0.29, 0.717) is 0 Å². The van der Waals surface area contributed by atoms with E-state index in [0.717, 1.165) is 0 Å². The molecule has 0 atom stereocenters. The van der Waals surface area contributed by atoms with E-state index in [2.05, 4.69) is 0 Å². The molecule has 0 aromatic heterocycles. The Morgan fingerprint density at radius 2 is 0.00877 bits per heavy atom. The molecule has 0 saturated heterocycles. The molecule has 0 N–H and O–H groups in total. The number of hydrogen-bond donors (Lipinski definition) is 0. The van der Waals surface area contributed by atoms with Crippen molar-refractivity contribution in [3.63, 3.8) is 0 Å². The number of hydrogen-bond acceptors (Lipinski definition) is 0. The Morgan fingerprint density at radius 3 is 0.00877 bits per heavy atom. The van der Waals surface area contributed by atoms with Crippen molar-refractivity contribution < 1.29 is 3550 Å². The van der Waals surface area contributed by atoms with Crippen molar-refractivity contribution in [3.05, 3.63) is 0 Å². The summed E-state index contributed by atoms with van der Waals surface area (Å²) in [6, 6.07) is 0. The van der Waals surface area contributed by atoms with Gasteiger partial charge in [-0.15, -0.1) is 0 Å². The summed E-state index contributed by atoms with van der Waals surface area (Å²) in [5.74, 6) is 0. The van der Waals surface area contributed by atoms with Gasteiger partial charge in [0.2, 0.25) is 0 Å². The van der Waals surface area contributed by atoms with Crippen LogP contribution in [0.2, 0.25) is 0 Å². The van der Waals surface area contributed by atoms with Gasteiger partial charge >= 0.3 is 0 Å². The van der Waals surface area contributed by atoms with Gasteiger partial charge in [-0.2, -0.15) is 0 Å². The molecule has 114 heteroatoms. The molecule has 0 rings (SSSR count). The van der Waals surface area contributed by atoms with Gasteiger partial charge in [0.05, 0.1) is 0 Å². The summed E-state index contributed by atoms with van der Waals surface area (Å²) in [7, 11) is 0. The fourth-order valence-electron chi connectivity index (χ4n) is 0. The van der Waals surface area contributed by atoms with Gasteiger partial charge in [-0.1, -0.05) is 0 Å². The zero-order valence-corrected chi connectivity index (χ0v) is 532. The van der Waals surface area contributed by atoms with E-state index < -0.39 is 0 Å². The molecule has 0 saturated carbocycles. The predicted molar refractivity (Wildman–Crippen MR) is 0 cm³/mol. The molecular formula is U114. The first-order chi connectivity index (χ1) is 0. The topological polar surface area (TPSA) is 0 Å². The molecule has 0 fully saturated rings. The van der Waals surface area contributed by atoms with Gasteiger partial charge in [0, 0.05) is 3550 Å². The van der Waals surface area contributed by atoms with Crippen LogP contribution in [-0.2, 0) is 0 Å². The molecule has 0 aliphatic rings. The predicted octanol–water partition coefficient (Wildman–Crippen LogP) is 0. The minimum atomic E-state index is 0. The molecule has 114 heavy (non-hydrogen) atoms. The van der Waals surface area contributed by atoms with Gasteiger partial charge in [-0.3, -0.25) is 0 Å². The van der Waals surface area contributed by atoms with E-state index in [1.807, 2.05) is 0 Å². The average molecular weight is 27100 g/mol. The summed E-state index contributed by atoms with van der Waals surface area (Å²) in [5.41, 5.74) is 0. The summed E-state index contributed by atoms with van der Waals surface area (Å²) in [6.45, 7) is 0. The van der Waals surface area contributed by atoms with Gasteiger partial charge in [0.1, 0.15) is 0 Å². The Balaban J connectivity index is 0. The fraction of sp³-hybridized carbons (Fsp3) is 0. The van der Waals surface area contributed by atoms with Crippen LogP contribution in [0.1, 0.15) is 0 Å². The summed E-state index contributed by atoms with van der Waals surface area (Å²) in [5, 5.41) is 0. The molecule has 0 nitrogen and oxygen atoms in total. The monoisotopic (exact) mass is 27100 g/mol. The molecule has 0 spiro atoms. The van der Waals surface area contributed by atoms with Gasteiger partial charge in [0.15, 0.2) is 0 Å². The SMILES string of the molecule is [U].[U].[U].[U].[U].[U].[U].[U].[U].[U].[U].[U].[U].[U].[U].[U].[U].[U].[U].[U].[U].[U].[U].[U].[U].[U].[U].[U].[U].[U].[U].[U].[U].[U].[U].[U].[U].[U].[U].[U].[U].[U].[U].[U].[U].[U].[U].[U].[U].[U].[U].[U].[U].[U].[U].[U].[U].[U].[U].[U].[U].[U].[U].[U].[U].[U].[U].[U].[U].[U].[U].[U].[U].[U].[U].[U].[U].[U].[U].[U].[U].[U].[U].[U].[U].[U].[U].[U].[U].[U].[U].[U].[U].[U].[U].[U].[U].[U].[U].[U].[U].[U].[U].[U].[U].[U].[U].[U].[U].[U].[U].[U].[U].[U]. The van der Waals surface area contributed by atoms with Crippen molar-refractivity contribution in [2.75, 3.05) is 0 Å². The maximum Gasteiger partial charge on any atom is 0 e. The van der Waals surface area contributed by atoms with Crippen LogP contribution in [0.15, 0.2) is 0 Å². The summed E-state index contributed by atoms with van der Waals surface area (Å²) in [6.07, 6.45) is 0. The van der Waals surface area contributed by atoms with Crippen LogP contribution < -0.4 is 0 Å². The third-order valence-electron chi connectivity index (χ3n) is 0. The van der Waals surface area contributed by atoms with E-state index in [1.165, 1.54) is 0 Å². The largest absolute Gasteiger partial charge is 0 e. The van der Waals surface area contributed by atoms with E-state index >= 15 is 0 Å². The van der Waals surface area contributed by atoms with Gasteiger partial charge < -0.3 is 0 Å². The smallest absolute Gasteiger partial charge is 0 e. The minimum absolute atomic E-state index is 0. The molecule has 0 aromatic carbocycles. The van der Waals surface area contributed by atoms with Gasteiger partial charge in [0.25, 0.3) is 0 Å². The summed E-state index contributed by atoms with van der Waals surface area (Å²) in [4.78, 5) is 0. The second-order valence-electron chi connectivity index (χ2n) is 0. The van der Waals surface area contributed by atoms with Crippen molar-refractivity contribution >= 4 is 0 Å². The van der Waals surface area contributed by atoms with E-state index in [1.54, 1.807) is 0 Å². The van der Waals surface area contributed by atoms with Crippen LogP contribution in [0.25, 0.3) is 0 Å². The first-order valence-corrected chi connectivity index (χ1v) is 0.